The van der Waals surface area contributed by atoms with E-state index in [1.807, 2.05) is 12.1 Å². The average Bonchev–Trinajstić information content (AvgIpc) is 3.00. The third-order valence-electron chi connectivity index (χ3n) is 3.20. The number of halogens is 2. The number of nitrogen functional groups attached to an aromatic ring is 1. The van der Waals surface area contributed by atoms with E-state index < -0.39 is 0 Å². The fourth-order valence-electron chi connectivity index (χ4n) is 2.09. The monoisotopic (exact) mass is 390 g/mol. The molecule has 4 nitrogen and oxygen atoms in total. The van der Waals surface area contributed by atoms with Gasteiger partial charge in [0.2, 0.25) is 0 Å². The molecule has 3 aromatic rings. The largest absolute Gasteiger partial charge is 0.451 e. The molecule has 0 radical (unpaired) electrons. The van der Waals surface area contributed by atoms with Crippen molar-refractivity contribution in [3.8, 4) is 11.3 Å². The zero-order valence-corrected chi connectivity index (χ0v) is 14.2. The van der Waals surface area contributed by atoms with Gasteiger partial charge < -0.3 is 15.5 Å². The molecule has 0 aliphatic rings. The minimum absolute atomic E-state index is 0.197. The van der Waals surface area contributed by atoms with E-state index in [9.17, 15) is 4.79 Å². The fourth-order valence-corrected chi connectivity index (χ4v) is 2.66. The molecule has 116 valence electrons. The van der Waals surface area contributed by atoms with E-state index >= 15 is 0 Å². The van der Waals surface area contributed by atoms with Gasteiger partial charge in [-0.3, -0.25) is 4.79 Å². The molecule has 1 amide bonds. The first-order valence-electron chi connectivity index (χ1n) is 6.75. The van der Waals surface area contributed by atoms with Crippen LogP contribution in [0.2, 0.25) is 5.02 Å². The third-order valence-corrected chi connectivity index (χ3v) is 3.93. The Morgan fingerprint density at radius 2 is 1.96 bits per heavy atom. The molecular formula is C17H12BrClN2O2. The summed E-state index contributed by atoms with van der Waals surface area (Å²) in [5.41, 5.74) is 7.67. The Morgan fingerprint density at radius 3 is 2.70 bits per heavy atom. The van der Waals surface area contributed by atoms with Crippen molar-refractivity contribution in [1.29, 1.82) is 0 Å². The average molecular weight is 392 g/mol. The number of amides is 1. The van der Waals surface area contributed by atoms with Crippen LogP contribution < -0.4 is 11.1 Å². The number of hydrogen-bond acceptors (Lipinski definition) is 3. The molecule has 0 aliphatic carbocycles. The maximum atomic E-state index is 12.3. The minimum atomic E-state index is -0.368. The number of furan rings is 1. The molecule has 0 fully saturated rings. The molecule has 23 heavy (non-hydrogen) atoms. The molecule has 6 heteroatoms. The summed E-state index contributed by atoms with van der Waals surface area (Å²) in [6.07, 6.45) is 0. The molecule has 3 rings (SSSR count). The normalized spacial score (nSPS) is 10.5. The van der Waals surface area contributed by atoms with E-state index in [4.69, 9.17) is 21.8 Å². The van der Waals surface area contributed by atoms with Crippen LogP contribution in [0.1, 0.15) is 10.6 Å². The molecule has 0 atom stereocenters. The lowest BCUT2D eigenvalue weighted by molar-refractivity contribution is 0.0997. The predicted molar refractivity (Wildman–Crippen MR) is 95.7 cm³/mol. The quantitative estimate of drug-likeness (QED) is 0.603. The van der Waals surface area contributed by atoms with Crippen LogP contribution in [0.4, 0.5) is 11.4 Å². The molecule has 0 saturated carbocycles. The highest BCUT2D eigenvalue weighted by molar-refractivity contribution is 9.10. The standard InChI is InChI=1S/C17H12BrClN2O2/c18-11-4-5-14(13(20)9-11)21-17(22)16-7-6-15(23-16)10-2-1-3-12(19)8-10/h1-9H,20H2,(H,21,22). The Morgan fingerprint density at radius 1 is 1.13 bits per heavy atom. The van der Waals surface area contributed by atoms with Gasteiger partial charge in [-0.25, -0.2) is 0 Å². The molecule has 2 aromatic carbocycles. The van der Waals surface area contributed by atoms with Crippen LogP contribution >= 0.6 is 27.5 Å². The number of rotatable bonds is 3. The topological polar surface area (TPSA) is 68.3 Å². The highest BCUT2D eigenvalue weighted by Gasteiger charge is 2.14. The van der Waals surface area contributed by atoms with Crippen LogP contribution in [-0.4, -0.2) is 5.91 Å². The van der Waals surface area contributed by atoms with Crippen molar-refractivity contribution in [2.45, 2.75) is 0 Å². The zero-order chi connectivity index (χ0) is 16.4. The first kappa shape index (κ1) is 15.6. The van der Waals surface area contributed by atoms with Gasteiger partial charge in [0.05, 0.1) is 11.4 Å². The molecule has 3 N–H and O–H groups in total. The fraction of sp³-hybridized carbons (Fsp3) is 0. The van der Waals surface area contributed by atoms with Gasteiger partial charge in [-0.2, -0.15) is 0 Å². The smallest absolute Gasteiger partial charge is 0.291 e. The van der Waals surface area contributed by atoms with Gasteiger partial charge in [0.25, 0.3) is 5.91 Å². The van der Waals surface area contributed by atoms with Gasteiger partial charge in [-0.1, -0.05) is 39.7 Å². The molecule has 0 bridgehead atoms. The van der Waals surface area contributed by atoms with Crippen molar-refractivity contribution in [1.82, 2.24) is 0 Å². The summed E-state index contributed by atoms with van der Waals surface area (Å²) in [7, 11) is 0. The van der Waals surface area contributed by atoms with Crippen molar-refractivity contribution in [3.63, 3.8) is 0 Å². The molecule has 0 aliphatic heterocycles. The summed E-state index contributed by atoms with van der Waals surface area (Å²) >= 11 is 9.28. The number of carbonyl (C=O) groups is 1. The molecular weight excluding hydrogens is 380 g/mol. The maximum absolute atomic E-state index is 12.3. The predicted octanol–water partition coefficient (Wildman–Crippen LogP) is 5.20. The van der Waals surface area contributed by atoms with Crippen LogP contribution in [0.25, 0.3) is 11.3 Å². The van der Waals surface area contributed by atoms with Crippen molar-refractivity contribution >= 4 is 44.8 Å². The highest BCUT2D eigenvalue weighted by atomic mass is 79.9. The first-order chi connectivity index (χ1) is 11.0. The molecule has 0 spiro atoms. The van der Waals surface area contributed by atoms with Crippen molar-refractivity contribution in [2.75, 3.05) is 11.1 Å². The van der Waals surface area contributed by atoms with Gasteiger partial charge in [0, 0.05) is 15.1 Å². The van der Waals surface area contributed by atoms with E-state index in [1.165, 1.54) is 0 Å². The van der Waals surface area contributed by atoms with Gasteiger partial charge in [-0.05, 0) is 42.5 Å². The second kappa shape index (κ2) is 6.48. The number of nitrogens with two attached hydrogens (primary N) is 1. The van der Waals surface area contributed by atoms with Gasteiger partial charge in [-0.15, -0.1) is 0 Å². The van der Waals surface area contributed by atoms with E-state index in [2.05, 4.69) is 21.2 Å². The second-order valence-corrected chi connectivity index (χ2v) is 6.21. The minimum Gasteiger partial charge on any atom is -0.451 e. The summed E-state index contributed by atoms with van der Waals surface area (Å²) in [5.74, 6) is 0.399. The molecule has 1 heterocycles. The van der Waals surface area contributed by atoms with Gasteiger partial charge in [0.15, 0.2) is 5.76 Å². The van der Waals surface area contributed by atoms with Crippen LogP contribution in [-0.2, 0) is 0 Å². The number of benzene rings is 2. The van der Waals surface area contributed by atoms with Crippen LogP contribution in [0, 0.1) is 0 Å². The highest BCUT2D eigenvalue weighted by Crippen LogP contribution is 2.27. The third kappa shape index (κ3) is 3.57. The van der Waals surface area contributed by atoms with Crippen LogP contribution in [0.3, 0.4) is 0 Å². The number of carbonyl (C=O) groups excluding carboxylic acids is 1. The summed E-state index contributed by atoms with van der Waals surface area (Å²) in [6, 6.07) is 15.8. The van der Waals surface area contributed by atoms with Crippen molar-refractivity contribution < 1.29 is 9.21 Å². The van der Waals surface area contributed by atoms with E-state index in [-0.39, 0.29) is 11.7 Å². The van der Waals surface area contributed by atoms with E-state index in [0.29, 0.717) is 22.2 Å². The Hall–Kier alpha value is -2.24. The Bertz CT molecular complexity index is 877. The zero-order valence-electron chi connectivity index (χ0n) is 11.8. The Balaban J connectivity index is 1.81. The van der Waals surface area contributed by atoms with Crippen LogP contribution in [0.15, 0.2) is 63.5 Å². The van der Waals surface area contributed by atoms with Crippen molar-refractivity contribution in [3.05, 3.63) is 69.9 Å². The summed E-state index contributed by atoms with van der Waals surface area (Å²) < 4.78 is 6.44. The summed E-state index contributed by atoms with van der Waals surface area (Å²) in [6.45, 7) is 0. The van der Waals surface area contributed by atoms with Gasteiger partial charge >= 0.3 is 0 Å². The lowest BCUT2D eigenvalue weighted by Gasteiger charge is -2.07. The summed E-state index contributed by atoms with van der Waals surface area (Å²) in [5, 5.41) is 3.33. The molecule has 0 saturated heterocycles. The lowest BCUT2D eigenvalue weighted by atomic mass is 10.2. The second-order valence-electron chi connectivity index (χ2n) is 4.86. The number of hydrogen-bond donors (Lipinski definition) is 2. The van der Waals surface area contributed by atoms with Crippen LogP contribution in [0.5, 0.6) is 0 Å². The van der Waals surface area contributed by atoms with Crippen molar-refractivity contribution in [2.24, 2.45) is 0 Å². The number of anilines is 2. The van der Waals surface area contributed by atoms with E-state index in [0.717, 1.165) is 10.0 Å². The first-order valence-corrected chi connectivity index (χ1v) is 7.92. The summed E-state index contributed by atoms with van der Waals surface area (Å²) in [4.78, 5) is 12.3. The number of nitrogens with one attached hydrogen (secondary N) is 1. The lowest BCUT2D eigenvalue weighted by Crippen LogP contribution is -2.12. The molecule has 0 unspecified atom stereocenters. The Kier molecular flexibility index (Phi) is 4.41. The molecule has 1 aromatic heterocycles. The Labute approximate surface area is 146 Å². The SMILES string of the molecule is Nc1cc(Br)ccc1NC(=O)c1ccc(-c2cccc(Cl)c2)o1. The maximum Gasteiger partial charge on any atom is 0.291 e. The van der Waals surface area contributed by atoms with Gasteiger partial charge in [0.1, 0.15) is 5.76 Å². The van der Waals surface area contributed by atoms with E-state index in [1.54, 1.807) is 42.5 Å².